The fourth-order valence-corrected chi connectivity index (χ4v) is 3.95. The Labute approximate surface area is 162 Å². The molecule has 0 atom stereocenters. The Balaban J connectivity index is 1.40. The topological polar surface area (TPSA) is 45.4 Å². The average molecular weight is 376 g/mol. The molecule has 0 radical (unpaired) electrons. The van der Waals surface area contributed by atoms with Gasteiger partial charge in [0.05, 0.1) is 0 Å². The van der Waals surface area contributed by atoms with Gasteiger partial charge in [0.1, 0.15) is 23.2 Å². The maximum atomic E-state index is 14.0. The molecule has 3 heterocycles. The molecule has 1 aliphatic heterocycles. The molecule has 0 amide bonds. The number of fused-ring (bicyclic) bond motifs is 3. The third-order valence-electron chi connectivity index (χ3n) is 5.38. The van der Waals surface area contributed by atoms with E-state index in [1.54, 1.807) is 12.4 Å². The van der Waals surface area contributed by atoms with Gasteiger partial charge in [-0.1, -0.05) is 30.3 Å². The molecule has 5 nitrogen and oxygen atoms in total. The molecule has 28 heavy (non-hydrogen) atoms. The molecule has 142 valence electrons. The molecule has 2 aromatic carbocycles. The summed E-state index contributed by atoms with van der Waals surface area (Å²) >= 11 is 0. The second-order valence-electron chi connectivity index (χ2n) is 7.18. The van der Waals surface area contributed by atoms with E-state index >= 15 is 0 Å². The molecular weight excluding hydrogens is 355 g/mol. The van der Waals surface area contributed by atoms with Crippen LogP contribution in [0.1, 0.15) is 12.0 Å². The van der Waals surface area contributed by atoms with Crippen LogP contribution < -0.4 is 4.90 Å². The smallest absolute Gasteiger partial charge is 0.196 e. The number of aromatic nitrogens is 2. The minimum absolute atomic E-state index is 0.136. The fourth-order valence-electron chi connectivity index (χ4n) is 3.95. The molecule has 0 saturated carbocycles. The molecule has 1 fully saturated rings. The van der Waals surface area contributed by atoms with E-state index in [1.807, 2.05) is 36.4 Å². The lowest BCUT2D eigenvalue weighted by molar-refractivity contribution is 0.281. The maximum absolute atomic E-state index is 14.0. The fraction of sp³-hybridized carbons (Fsp3) is 0.273. The summed E-state index contributed by atoms with van der Waals surface area (Å²) in [5.41, 5.74) is 3.17. The molecule has 0 aliphatic carbocycles. The van der Waals surface area contributed by atoms with Crippen molar-refractivity contribution in [2.24, 2.45) is 0 Å². The average Bonchev–Trinajstić information content (AvgIpc) is 2.95. The predicted octanol–water partition coefficient (Wildman–Crippen LogP) is 4.23. The third-order valence-corrected chi connectivity index (χ3v) is 5.38. The van der Waals surface area contributed by atoms with Crippen LogP contribution in [0.25, 0.3) is 22.1 Å². The van der Waals surface area contributed by atoms with Crippen LogP contribution in [0.15, 0.2) is 59.3 Å². The van der Waals surface area contributed by atoms with E-state index in [-0.39, 0.29) is 5.82 Å². The summed E-state index contributed by atoms with van der Waals surface area (Å²) in [7, 11) is 0. The second kappa shape index (κ2) is 7.20. The third kappa shape index (κ3) is 3.10. The van der Waals surface area contributed by atoms with Gasteiger partial charge in [-0.05, 0) is 24.6 Å². The molecule has 0 unspecified atom stereocenters. The molecule has 0 spiro atoms. The number of benzene rings is 2. The highest BCUT2D eigenvalue weighted by atomic mass is 19.1. The van der Waals surface area contributed by atoms with Crippen molar-refractivity contribution in [2.45, 2.75) is 13.0 Å². The summed E-state index contributed by atoms with van der Waals surface area (Å²) in [5.74, 6) is 0.706. The van der Waals surface area contributed by atoms with Crippen molar-refractivity contribution < 1.29 is 8.81 Å². The molecule has 1 aliphatic rings. The van der Waals surface area contributed by atoms with E-state index in [1.165, 1.54) is 6.07 Å². The van der Waals surface area contributed by atoms with Crippen molar-refractivity contribution in [1.82, 2.24) is 14.9 Å². The van der Waals surface area contributed by atoms with E-state index in [0.29, 0.717) is 6.54 Å². The molecule has 0 bridgehead atoms. The van der Waals surface area contributed by atoms with Crippen LogP contribution >= 0.6 is 0 Å². The first-order valence-corrected chi connectivity index (χ1v) is 9.62. The van der Waals surface area contributed by atoms with Crippen LogP contribution in [0.3, 0.4) is 0 Å². The van der Waals surface area contributed by atoms with Gasteiger partial charge in [-0.15, -0.1) is 0 Å². The number of furan rings is 1. The van der Waals surface area contributed by atoms with Crippen molar-refractivity contribution in [3.63, 3.8) is 0 Å². The summed E-state index contributed by atoms with van der Waals surface area (Å²) in [6.45, 7) is 4.11. The molecule has 6 heteroatoms. The molecule has 5 rings (SSSR count). The van der Waals surface area contributed by atoms with E-state index in [4.69, 9.17) is 4.42 Å². The van der Waals surface area contributed by atoms with E-state index in [0.717, 1.165) is 66.1 Å². The first-order chi connectivity index (χ1) is 13.8. The quantitative estimate of drug-likeness (QED) is 0.535. The first kappa shape index (κ1) is 17.1. The summed E-state index contributed by atoms with van der Waals surface area (Å²) in [6, 6.07) is 14.9. The number of rotatable bonds is 3. The standard InChI is InChI=1S/C22H21FN4O/c23-18-8-3-1-6-16(18)14-26-10-5-11-27(13-12-26)22-21-20(24-15-25-22)17-7-2-4-9-19(17)28-21/h1-4,6-9,15H,5,10-14H2. The first-order valence-electron chi connectivity index (χ1n) is 9.62. The number of halogens is 1. The van der Waals surface area contributed by atoms with Crippen molar-refractivity contribution in [3.8, 4) is 0 Å². The van der Waals surface area contributed by atoms with Crippen LogP contribution in [0.4, 0.5) is 10.2 Å². The number of anilines is 1. The van der Waals surface area contributed by atoms with Crippen molar-refractivity contribution in [2.75, 3.05) is 31.1 Å². The summed E-state index contributed by atoms with van der Waals surface area (Å²) in [5, 5.41) is 1.01. The zero-order chi connectivity index (χ0) is 18.9. The number of hydrogen-bond donors (Lipinski definition) is 0. The van der Waals surface area contributed by atoms with Crippen LogP contribution in [-0.4, -0.2) is 41.0 Å². The summed E-state index contributed by atoms with van der Waals surface area (Å²) < 4.78 is 20.1. The Hall–Kier alpha value is -2.99. The molecule has 4 aromatic rings. The number of nitrogens with zero attached hydrogens (tertiary/aromatic N) is 4. The highest BCUT2D eigenvalue weighted by Crippen LogP contribution is 2.32. The van der Waals surface area contributed by atoms with Gasteiger partial charge >= 0.3 is 0 Å². The zero-order valence-corrected chi connectivity index (χ0v) is 15.5. The van der Waals surface area contributed by atoms with Gasteiger partial charge in [0.15, 0.2) is 11.4 Å². The SMILES string of the molecule is Fc1ccccc1CN1CCCN(c2ncnc3c2oc2ccccc23)CC1. The second-order valence-corrected chi connectivity index (χ2v) is 7.18. The van der Waals surface area contributed by atoms with Gasteiger partial charge in [-0.3, -0.25) is 4.90 Å². The van der Waals surface area contributed by atoms with Crippen molar-refractivity contribution in [1.29, 1.82) is 0 Å². The van der Waals surface area contributed by atoms with Gasteiger partial charge < -0.3 is 9.32 Å². The monoisotopic (exact) mass is 376 g/mol. The minimum atomic E-state index is -0.136. The maximum Gasteiger partial charge on any atom is 0.196 e. The van der Waals surface area contributed by atoms with Gasteiger partial charge in [-0.25, -0.2) is 14.4 Å². The van der Waals surface area contributed by atoms with E-state index in [9.17, 15) is 4.39 Å². The Morgan fingerprint density at radius 2 is 1.79 bits per heavy atom. The highest BCUT2D eigenvalue weighted by Gasteiger charge is 2.21. The Kier molecular flexibility index (Phi) is 4.41. The number of hydrogen-bond acceptors (Lipinski definition) is 5. The van der Waals surface area contributed by atoms with Crippen molar-refractivity contribution >= 4 is 27.9 Å². The number of para-hydroxylation sites is 1. The molecule has 1 saturated heterocycles. The normalized spacial score (nSPS) is 16.0. The lowest BCUT2D eigenvalue weighted by Crippen LogP contribution is -2.31. The molecular formula is C22H21FN4O. The van der Waals surface area contributed by atoms with Crippen molar-refractivity contribution in [3.05, 3.63) is 66.2 Å². The molecule has 2 aromatic heterocycles. The lowest BCUT2D eigenvalue weighted by atomic mass is 10.2. The minimum Gasteiger partial charge on any atom is -0.450 e. The van der Waals surface area contributed by atoms with E-state index in [2.05, 4.69) is 19.8 Å². The highest BCUT2D eigenvalue weighted by molar-refractivity contribution is 6.05. The predicted molar refractivity (Wildman–Crippen MR) is 108 cm³/mol. The largest absolute Gasteiger partial charge is 0.450 e. The lowest BCUT2D eigenvalue weighted by Gasteiger charge is -2.22. The van der Waals surface area contributed by atoms with Crippen LogP contribution in [0.5, 0.6) is 0 Å². The van der Waals surface area contributed by atoms with Gasteiger partial charge in [0.2, 0.25) is 0 Å². The van der Waals surface area contributed by atoms with Crippen LogP contribution in [0.2, 0.25) is 0 Å². The zero-order valence-electron chi connectivity index (χ0n) is 15.5. The van der Waals surface area contributed by atoms with E-state index < -0.39 is 0 Å². The Morgan fingerprint density at radius 3 is 2.71 bits per heavy atom. The van der Waals surface area contributed by atoms with Crippen LogP contribution in [-0.2, 0) is 6.54 Å². The van der Waals surface area contributed by atoms with Gasteiger partial charge in [0.25, 0.3) is 0 Å². The molecule has 0 N–H and O–H groups in total. The summed E-state index contributed by atoms with van der Waals surface area (Å²) in [6.07, 6.45) is 2.60. The summed E-state index contributed by atoms with van der Waals surface area (Å²) in [4.78, 5) is 13.5. The Bertz CT molecular complexity index is 1130. The van der Waals surface area contributed by atoms with Gasteiger partial charge in [-0.2, -0.15) is 0 Å². The van der Waals surface area contributed by atoms with Gasteiger partial charge in [0, 0.05) is 43.7 Å². The Morgan fingerprint density at radius 1 is 0.929 bits per heavy atom. The van der Waals surface area contributed by atoms with Crippen LogP contribution in [0, 0.1) is 5.82 Å².